The van der Waals surface area contributed by atoms with E-state index in [4.69, 9.17) is 9.47 Å². The van der Waals surface area contributed by atoms with Crippen molar-refractivity contribution in [2.45, 2.75) is 89.0 Å². The molecule has 3 heterocycles. The first kappa shape index (κ1) is 39.7. The number of hydrogen-bond acceptors (Lipinski definition) is 8. The SMILES string of the molecule is C=CCCC(=O)OC[C@H](NC(=O)[C@@H]1[C@@H]2CC[C@]3(O2)[C@H](C(=O)N(CC=C)c2ccc(N(CC)CC)cc2)N(CCCCCCO)C(=O)[C@@H]13)c1ccccc1. The zero-order valence-corrected chi connectivity index (χ0v) is 31.3. The molecule has 3 saturated heterocycles. The molecule has 2 aromatic carbocycles. The van der Waals surface area contributed by atoms with Gasteiger partial charge in [-0.15, -0.1) is 13.2 Å². The lowest BCUT2D eigenvalue weighted by Gasteiger charge is -2.37. The van der Waals surface area contributed by atoms with Crippen LogP contribution in [0.25, 0.3) is 0 Å². The topological polar surface area (TPSA) is 129 Å². The first-order valence-electron chi connectivity index (χ1n) is 19.2. The number of benzene rings is 2. The van der Waals surface area contributed by atoms with Gasteiger partial charge in [0.1, 0.15) is 18.2 Å². The third-order valence-corrected chi connectivity index (χ3v) is 11.0. The van der Waals surface area contributed by atoms with Crippen molar-refractivity contribution in [1.29, 1.82) is 0 Å². The highest BCUT2D eigenvalue weighted by Crippen LogP contribution is 2.58. The molecule has 6 atom stereocenters. The normalized spacial score (nSPS) is 23.3. The van der Waals surface area contributed by atoms with E-state index in [2.05, 4.69) is 37.2 Å². The number of hydrogen-bond donors (Lipinski definition) is 2. The van der Waals surface area contributed by atoms with E-state index >= 15 is 0 Å². The summed E-state index contributed by atoms with van der Waals surface area (Å²) in [4.78, 5) is 62.0. The van der Waals surface area contributed by atoms with E-state index in [9.17, 15) is 24.3 Å². The zero-order chi connectivity index (χ0) is 38.0. The molecule has 2 bridgehead atoms. The molecule has 11 heteroatoms. The number of rotatable bonds is 21. The number of nitrogens with one attached hydrogen (secondary N) is 1. The van der Waals surface area contributed by atoms with Crippen LogP contribution in [0, 0.1) is 11.8 Å². The molecular weight excluding hydrogens is 672 g/mol. The van der Waals surface area contributed by atoms with Gasteiger partial charge in [0, 0.05) is 50.6 Å². The van der Waals surface area contributed by atoms with Crippen LogP contribution >= 0.6 is 0 Å². The number of carbonyl (C=O) groups is 4. The van der Waals surface area contributed by atoms with E-state index in [1.54, 1.807) is 22.0 Å². The number of ether oxygens (including phenoxy) is 2. The zero-order valence-electron chi connectivity index (χ0n) is 31.3. The van der Waals surface area contributed by atoms with Crippen molar-refractivity contribution in [3.8, 4) is 0 Å². The van der Waals surface area contributed by atoms with Gasteiger partial charge in [-0.3, -0.25) is 19.2 Å². The van der Waals surface area contributed by atoms with E-state index in [0.29, 0.717) is 44.3 Å². The quantitative estimate of drug-likeness (QED) is 0.100. The fourth-order valence-electron chi connectivity index (χ4n) is 8.40. The third kappa shape index (κ3) is 8.52. The maximum atomic E-state index is 15.0. The Morgan fingerprint density at radius 1 is 1.02 bits per heavy atom. The summed E-state index contributed by atoms with van der Waals surface area (Å²) in [6.45, 7) is 14.1. The maximum absolute atomic E-state index is 15.0. The molecular formula is C42H56N4O7. The van der Waals surface area contributed by atoms with Gasteiger partial charge in [-0.1, -0.05) is 55.3 Å². The van der Waals surface area contributed by atoms with Gasteiger partial charge in [0.15, 0.2) is 0 Å². The predicted molar refractivity (Wildman–Crippen MR) is 205 cm³/mol. The first-order valence-corrected chi connectivity index (χ1v) is 19.2. The van der Waals surface area contributed by atoms with Gasteiger partial charge < -0.3 is 34.6 Å². The van der Waals surface area contributed by atoms with Crippen LogP contribution < -0.4 is 15.1 Å². The molecule has 0 aliphatic carbocycles. The number of amides is 3. The summed E-state index contributed by atoms with van der Waals surface area (Å²) in [5.41, 5.74) is 1.33. The smallest absolute Gasteiger partial charge is 0.306 e. The van der Waals surface area contributed by atoms with Crippen LogP contribution in [0.3, 0.4) is 0 Å². The van der Waals surface area contributed by atoms with E-state index < -0.39 is 41.6 Å². The van der Waals surface area contributed by atoms with Gasteiger partial charge in [0.05, 0.1) is 24.0 Å². The van der Waals surface area contributed by atoms with E-state index in [0.717, 1.165) is 37.2 Å². The van der Waals surface area contributed by atoms with Crippen molar-refractivity contribution in [3.63, 3.8) is 0 Å². The molecule has 0 saturated carbocycles. The number of esters is 1. The number of allylic oxidation sites excluding steroid dienone is 1. The van der Waals surface area contributed by atoms with Crippen LogP contribution in [0.1, 0.15) is 76.8 Å². The Morgan fingerprint density at radius 2 is 1.72 bits per heavy atom. The highest BCUT2D eigenvalue weighted by molar-refractivity contribution is 6.05. The molecule has 2 aromatic rings. The molecule has 11 nitrogen and oxygen atoms in total. The largest absolute Gasteiger partial charge is 0.463 e. The molecule has 0 unspecified atom stereocenters. The molecule has 0 radical (unpaired) electrons. The van der Waals surface area contributed by atoms with Gasteiger partial charge in [-0.05, 0) is 75.8 Å². The second-order valence-corrected chi connectivity index (χ2v) is 14.1. The number of nitrogens with zero attached hydrogens (tertiary/aromatic N) is 3. The fraction of sp³-hybridized carbons (Fsp3) is 0.524. The van der Waals surface area contributed by atoms with Gasteiger partial charge in [0.2, 0.25) is 11.8 Å². The Bertz CT molecular complexity index is 1580. The second-order valence-electron chi connectivity index (χ2n) is 14.1. The van der Waals surface area contributed by atoms with Crippen LogP contribution in [-0.2, 0) is 28.7 Å². The molecule has 1 spiro atoms. The average molecular weight is 729 g/mol. The summed E-state index contributed by atoms with van der Waals surface area (Å²) in [7, 11) is 0. The minimum absolute atomic E-state index is 0.0711. The molecule has 3 fully saturated rings. The van der Waals surface area contributed by atoms with Crippen LogP contribution in [-0.4, -0.2) is 90.8 Å². The summed E-state index contributed by atoms with van der Waals surface area (Å²) >= 11 is 0. The maximum Gasteiger partial charge on any atom is 0.306 e. The Kier molecular flexibility index (Phi) is 13.9. The van der Waals surface area contributed by atoms with Crippen molar-refractivity contribution >= 4 is 35.1 Å². The van der Waals surface area contributed by atoms with Gasteiger partial charge in [-0.2, -0.15) is 0 Å². The van der Waals surface area contributed by atoms with Crippen molar-refractivity contribution in [3.05, 3.63) is 85.5 Å². The molecule has 286 valence electrons. The van der Waals surface area contributed by atoms with Crippen molar-refractivity contribution in [1.82, 2.24) is 10.2 Å². The van der Waals surface area contributed by atoms with Crippen LogP contribution in [0.15, 0.2) is 79.9 Å². The Balaban J connectivity index is 1.44. The van der Waals surface area contributed by atoms with E-state index in [1.807, 2.05) is 54.6 Å². The van der Waals surface area contributed by atoms with E-state index in [1.165, 1.54) is 0 Å². The van der Waals surface area contributed by atoms with E-state index in [-0.39, 0.29) is 43.9 Å². The summed E-state index contributed by atoms with van der Waals surface area (Å²) in [6, 6.07) is 15.6. The molecule has 3 aliphatic rings. The lowest BCUT2D eigenvalue weighted by atomic mass is 9.70. The van der Waals surface area contributed by atoms with Crippen molar-refractivity contribution in [2.75, 3.05) is 49.2 Å². The monoisotopic (exact) mass is 728 g/mol. The van der Waals surface area contributed by atoms with Crippen molar-refractivity contribution < 1.29 is 33.8 Å². The lowest BCUT2D eigenvalue weighted by Crippen LogP contribution is -2.56. The Labute approximate surface area is 314 Å². The second kappa shape index (κ2) is 18.5. The van der Waals surface area contributed by atoms with Crippen LogP contribution in [0.4, 0.5) is 11.4 Å². The molecule has 0 aromatic heterocycles. The molecule has 3 aliphatic heterocycles. The van der Waals surface area contributed by atoms with Crippen molar-refractivity contribution in [2.24, 2.45) is 11.8 Å². The highest BCUT2D eigenvalue weighted by Gasteiger charge is 2.74. The average Bonchev–Trinajstić information content (AvgIpc) is 3.82. The van der Waals surface area contributed by atoms with Gasteiger partial charge >= 0.3 is 5.97 Å². The Morgan fingerprint density at radius 3 is 2.38 bits per heavy atom. The number of carbonyl (C=O) groups excluding carboxylic acids is 4. The Hall–Kier alpha value is -4.48. The standard InChI is InChI=1S/C42H56N4O7/c1-5-9-19-35(48)52-29-33(30-17-13-12-14-18-30)43-39(49)36-34-24-25-42(53-34)37(36)40(50)46(27-15-10-11-16-28-47)38(42)41(51)45(26-6-2)32-22-20-31(21-23-32)44(7-3)8-4/h5-6,12-14,17-18,20-23,33-34,36-38,47H,1-2,7-11,15-16,19,24-29H2,3-4H3,(H,43,49)/t33-,34-,36+,37+,38-,42+/m0/s1. The van der Waals surface area contributed by atoms with Gasteiger partial charge in [0.25, 0.3) is 5.91 Å². The number of likely N-dealkylation sites (tertiary alicyclic amines) is 1. The number of fused-ring (bicyclic) bond motifs is 1. The highest BCUT2D eigenvalue weighted by atomic mass is 16.5. The molecule has 5 rings (SSSR count). The summed E-state index contributed by atoms with van der Waals surface area (Å²) < 4.78 is 12.3. The molecule has 2 N–H and O–H groups in total. The van der Waals surface area contributed by atoms with Crippen LogP contribution in [0.2, 0.25) is 0 Å². The minimum atomic E-state index is -1.17. The number of aliphatic hydroxyl groups excluding tert-OH is 1. The number of anilines is 2. The molecule has 3 amide bonds. The van der Waals surface area contributed by atoms with Crippen LogP contribution in [0.5, 0.6) is 0 Å². The van der Waals surface area contributed by atoms with Gasteiger partial charge in [-0.25, -0.2) is 0 Å². The predicted octanol–water partition coefficient (Wildman–Crippen LogP) is 5.35. The molecule has 53 heavy (non-hydrogen) atoms. The lowest BCUT2D eigenvalue weighted by molar-refractivity contribution is -0.146. The number of aliphatic hydroxyl groups is 1. The third-order valence-electron chi connectivity index (χ3n) is 11.0. The number of unbranched alkanes of at least 4 members (excludes halogenated alkanes) is 3. The minimum Gasteiger partial charge on any atom is -0.463 e. The summed E-state index contributed by atoms with van der Waals surface area (Å²) in [5.74, 6) is -2.95. The first-order chi connectivity index (χ1) is 25.7. The summed E-state index contributed by atoms with van der Waals surface area (Å²) in [5, 5.41) is 12.4. The summed E-state index contributed by atoms with van der Waals surface area (Å²) in [6.07, 6.45) is 7.35. The fourth-order valence-corrected chi connectivity index (χ4v) is 8.40.